The predicted octanol–water partition coefficient (Wildman–Crippen LogP) is 1.96. The van der Waals surface area contributed by atoms with Crippen molar-refractivity contribution in [2.75, 3.05) is 23.7 Å². The average Bonchev–Trinajstić information content (AvgIpc) is 3.07. The number of nitrogens with one attached hydrogen (secondary N) is 2. The molecule has 1 aliphatic heterocycles. The Balaban J connectivity index is 1.63. The Labute approximate surface area is 158 Å². The van der Waals surface area contributed by atoms with Crippen LogP contribution in [0.4, 0.5) is 18.9 Å². The summed E-state index contributed by atoms with van der Waals surface area (Å²) in [6.07, 6.45) is 1.30. The van der Waals surface area contributed by atoms with Gasteiger partial charge >= 0.3 is 6.18 Å². The zero-order chi connectivity index (χ0) is 19.9. The lowest BCUT2D eigenvalue weighted by Crippen LogP contribution is -2.49. The molecule has 4 rings (SSSR count). The van der Waals surface area contributed by atoms with E-state index in [9.17, 15) is 21.6 Å². The Bertz CT molecular complexity index is 1110. The molecular formula is C16H17F3N6O2S. The minimum absolute atomic E-state index is 0.242. The molecule has 0 saturated carbocycles. The van der Waals surface area contributed by atoms with Gasteiger partial charge in [-0.15, -0.1) is 10.2 Å². The first-order chi connectivity index (χ1) is 13.2. The lowest BCUT2D eigenvalue weighted by molar-refractivity contribution is -0.106. The Morgan fingerprint density at radius 2 is 2.11 bits per heavy atom. The van der Waals surface area contributed by atoms with Gasteiger partial charge in [-0.05, 0) is 18.9 Å². The number of pyridine rings is 1. The van der Waals surface area contributed by atoms with E-state index >= 15 is 0 Å². The third-order valence-electron chi connectivity index (χ3n) is 4.62. The van der Waals surface area contributed by atoms with E-state index in [1.54, 1.807) is 18.6 Å². The van der Waals surface area contributed by atoms with Crippen molar-refractivity contribution in [3.05, 3.63) is 24.7 Å². The second-order valence-corrected chi connectivity index (χ2v) is 8.52. The Hall–Kier alpha value is -2.47. The van der Waals surface area contributed by atoms with Crippen LogP contribution in [0.2, 0.25) is 0 Å². The summed E-state index contributed by atoms with van der Waals surface area (Å²) in [4.78, 5) is 9.10. The predicted molar refractivity (Wildman–Crippen MR) is 97.4 cm³/mol. The highest BCUT2D eigenvalue weighted by Gasteiger charge is 2.36. The lowest BCUT2D eigenvalue weighted by atomic mass is 10.0. The first-order valence-corrected chi connectivity index (χ1v) is 10.3. The number of alkyl halides is 3. The van der Waals surface area contributed by atoms with Gasteiger partial charge in [0.2, 0.25) is 10.0 Å². The summed E-state index contributed by atoms with van der Waals surface area (Å²) in [6, 6.07) is 1.25. The number of rotatable bonds is 4. The fourth-order valence-electron chi connectivity index (χ4n) is 3.58. The maximum atomic E-state index is 12.5. The summed E-state index contributed by atoms with van der Waals surface area (Å²) in [5.74, 6) is -1.88. The van der Waals surface area contributed by atoms with Gasteiger partial charge in [0, 0.05) is 36.1 Å². The molecule has 1 atom stereocenters. The highest BCUT2D eigenvalue weighted by Crippen LogP contribution is 2.32. The molecule has 3 aromatic heterocycles. The molecule has 150 valence electrons. The normalized spacial score (nSPS) is 18.8. The van der Waals surface area contributed by atoms with Crippen LogP contribution in [-0.2, 0) is 10.0 Å². The summed E-state index contributed by atoms with van der Waals surface area (Å²) in [6.45, 7) is 0.874. The molecule has 1 aliphatic rings. The largest absolute Gasteiger partial charge is 0.404 e. The molecule has 1 unspecified atom stereocenters. The molecule has 8 nitrogen and oxygen atoms in total. The molecule has 0 spiro atoms. The summed E-state index contributed by atoms with van der Waals surface area (Å²) >= 11 is 0. The van der Waals surface area contributed by atoms with Gasteiger partial charge in [-0.1, -0.05) is 0 Å². The van der Waals surface area contributed by atoms with Crippen molar-refractivity contribution in [1.29, 1.82) is 0 Å². The van der Waals surface area contributed by atoms with Crippen molar-refractivity contribution in [3.8, 4) is 0 Å². The van der Waals surface area contributed by atoms with Gasteiger partial charge in [-0.25, -0.2) is 13.1 Å². The minimum atomic E-state index is -4.78. The highest BCUT2D eigenvalue weighted by atomic mass is 32.2. The van der Waals surface area contributed by atoms with Crippen LogP contribution < -0.4 is 9.62 Å². The standard InChI is InChI=1S/C16H17F3N6O2S/c17-16(18,19)9-28(26,27)24-10-2-1-5-25(8-10)13-7-20-6-12-14(13)11-3-4-21-15(11)23-22-12/h3-4,6-7,10,24H,1-2,5,8-9H2,(H,21,23). The van der Waals surface area contributed by atoms with Gasteiger partial charge in [0.1, 0.15) is 5.52 Å². The fourth-order valence-corrected chi connectivity index (χ4v) is 4.80. The summed E-state index contributed by atoms with van der Waals surface area (Å²) in [5.41, 5.74) is 1.94. The SMILES string of the molecule is O=S(=O)(CC(F)(F)F)NC1CCCN(c2cncc3nnc4[nH]ccc4c23)C1. The zero-order valence-corrected chi connectivity index (χ0v) is 15.4. The maximum Gasteiger partial charge on any atom is 0.404 e. The van der Waals surface area contributed by atoms with Crippen LogP contribution in [0.25, 0.3) is 21.9 Å². The molecule has 0 radical (unpaired) electrons. The summed E-state index contributed by atoms with van der Waals surface area (Å²) in [7, 11) is -4.46. The number of halogens is 3. The van der Waals surface area contributed by atoms with Crippen molar-refractivity contribution in [3.63, 3.8) is 0 Å². The van der Waals surface area contributed by atoms with E-state index in [1.807, 2.05) is 11.0 Å². The Morgan fingerprint density at radius 1 is 1.29 bits per heavy atom. The monoisotopic (exact) mass is 414 g/mol. The molecule has 1 saturated heterocycles. The van der Waals surface area contributed by atoms with E-state index in [1.165, 1.54) is 0 Å². The van der Waals surface area contributed by atoms with Crippen LogP contribution in [0.3, 0.4) is 0 Å². The molecule has 1 fully saturated rings. The molecule has 0 aliphatic carbocycles. The Morgan fingerprint density at radius 3 is 2.89 bits per heavy atom. The van der Waals surface area contributed by atoms with E-state index < -0.39 is 28.0 Å². The van der Waals surface area contributed by atoms with Crippen LogP contribution in [-0.4, -0.2) is 59.6 Å². The van der Waals surface area contributed by atoms with Crippen LogP contribution in [0.1, 0.15) is 12.8 Å². The quantitative estimate of drug-likeness (QED) is 0.676. The summed E-state index contributed by atoms with van der Waals surface area (Å²) in [5, 5.41) is 9.91. The van der Waals surface area contributed by atoms with E-state index in [0.29, 0.717) is 30.6 Å². The number of aromatic nitrogens is 4. The maximum absolute atomic E-state index is 12.5. The smallest absolute Gasteiger partial charge is 0.368 e. The van der Waals surface area contributed by atoms with Crippen LogP contribution in [0, 0.1) is 0 Å². The number of nitrogens with zero attached hydrogens (tertiary/aromatic N) is 4. The van der Waals surface area contributed by atoms with Crippen molar-refractivity contribution < 1.29 is 21.6 Å². The molecule has 4 heterocycles. The number of anilines is 1. The second kappa shape index (κ2) is 6.85. The highest BCUT2D eigenvalue weighted by molar-refractivity contribution is 7.89. The van der Waals surface area contributed by atoms with Gasteiger partial charge in [0.25, 0.3) is 0 Å². The third kappa shape index (κ3) is 3.87. The molecular weight excluding hydrogens is 397 g/mol. The number of fused-ring (bicyclic) bond motifs is 3. The number of piperidine rings is 1. The van der Waals surface area contributed by atoms with Crippen LogP contribution in [0.5, 0.6) is 0 Å². The van der Waals surface area contributed by atoms with E-state index in [-0.39, 0.29) is 6.54 Å². The van der Waals surface area contributed by atoms with Crippen molar-refractivity contribution in [2.45, 2.75) is 25.1 Å². The Kier molecular flexibility index (Phi) is 4.62. The number of aromatic amines is 1. The van der Waals surface area contributed by atoms with Gasteiger partial charge < -0.3 is 9.88 Å². The molecule has 0 aromatic carbocycles. The topological polar surface area (TPSA) is 104 Å². The molecule has 2 N–H and O–H groups in total. The number of H-pyrrole nitrogens is 1. The van der Waals surface area contributed by atoms with Gasteiger partial charge in [-0.2, -0.15) is 13.2 Å². The third-order valence-corrected chi connectivity index (χ3v) is 6.02. The van der Waals surface area contributed by atoms with Gasteiger partial charge in [0.15, 0.2) is 11.4 Å². The molecule has 0 amide bonds. The first-order valence-electron chi connectivity index (χ1n) is 8.61. The average molecular weight is 414 g/mol. The number of hydrogen-bond donors (Lipinski definition) is 2. The van der Waals surface area contributed by atoms with Gasteiger partial charge in [0.05, 0.1) is 18.1 Å². The molecule has 0 bridgehead atoms. The zero-order valence-electron chi connectivity index (χ0n) is 14.6. The first kappa shape index (κ1) is 18.9. The van der Waals surface area contributed by atoms with E-state index in [4.69, 9.17) is 0 Å². The van der Waals surface area contributed by atoms with E-state index in [2.05, 4.69) is 24.9 Å². The minimum Gasteiger partial charge on any atom is -0.368 e. The second-order valence-electron chi connectivity index (χ2n) is 6.77. The molecule has 28 heavy (non-hydrogen) atoms. The number of sulfonamides is 1. The van der Waals surface area contributed by atoms with E-state index in [0.717, 1.165) is 16.5 Å². The summed E-state index contributed by atoms with van der Waals surface area (Å²) < 4.78 is 63.3. The number of hydrogen-bond acceptors (Lipinski definition) is 6. The van der Waals surface area contributed by atoms with Crippen LogP contribution >= 0.6 is 0 Å². The van der Waals surface area contributed by atoms with Crippen molar-refractivity contribution in [1.82, 2.24) is 24.9 Å². The fraction of sp³-hybridized carbons (Fsp3) is 0.438. The van der Waals surface area contributed by atoms with Crippen molar-refractivity contribution in [2.24, 2.45) is 0 Å². The van der Waals surface area contributed by atoms with Crippen LogP contribution in [0.15, 0.2) is 24.7 Å². The molecule has 12 heteroatoms. The molecule has 3 aromatic rings. The van der Waals surface area contributed by atoms with Crippen molar-refractivity contribution >= 4 is 37.6 Å². The lowest BCUT2D eigenvalue weighted by Gasteiger charge is -2.35. The van der Waals surface area contributed by atoms with Gasteiger partial charge in [-0.3, -0.25) is 4.98 Å².